The number of carbonyl (C=O) groups is 1. The van der Waals surface area contributed by atoms with Gasteiger partial charge in [-0.05, 0) is 54.7 Å². The van der Waals surface area contributed by atoms with E-state index in [1.54, 1.807) is 48.7 Å². The Morgan fingerprint density at radius 1 is 1.09 bits per heavy atom. The smallest absolute Gasteiger partial charge is 0.252 e. The summed E-state index contributed by atoms with van der Waals surface area (Å²) in [6.07, 6.45) is 6.77. The molecule has 2 aromatic carbocycles. The number of fused-ring (bicyclic) bond motifs is 1. The van der Waals surface area contributed by atoms with Crippen molar-refractivity contribution in [2.45, 2.75) is 46.2 Å². The fourth-order valence-electron chi connectivity index (χ4n) is 5.32. The zero-order chi connectivity index (χ0) is 30.7. The Hall–Kier alpha value is -4.91. The van der Waals surface area contributed by atoms with E-state index in [-0.39, 0.29) is 34.6 Å². The highest BCUT2D eigenvalue weighted by Gasteiger charge is 2.33. The first-order valence-corrected chi connectivity index (χ1v) is 14.0. The number of nitrogens with zero attached hydrogens (tertiary/aromatic N) is 5. The lowest BCUT2D eigenvalue weighted by atomic mass is 9.95. The monoisotopic (exact) mass is 583 g/mol. The summed E-state index contributed by atoms with van der Waals surface area (Å²) in [6, 6.07) is 11.8. The van der Waals surface area contributed by atoms with Crippen LogP contribution in [0, 0.1) is 17.8 Å². The Bertz CT molecular complexity index is 1720. The van der Waals surface area contributed by atoms with Crippen LogP contribution >= 0.6 is 0 Å². The molecule has 0 bridgehead atoms. The van der Waals surface area contributed by atoms with Crippen LogP contribution in [0.5, 0.6) is 23.0 Å². The van der Waals surface area contributed by atoms with Gasteiger partial charge >= 0.3 is 0 Å². The maximum absolute atomic E-state index is 14.6. The first kappa shape index (κ1) is 29.6. The minimum Gasteiger partial charge on any atom is -0.494 e. The molecule has 0 aliphatic carbocycles. The molecule has 0 N–H and O–H groups in total. The molecule has 0 spiro atoms. The van der Waals surface area contributed by atoms with E-state index in [0.717, 1.165) is 29.3 Å². The summed E-state index contributed by atoms with van der Waals surface area (Å²) >= 11 is 0. The summed E-state index contributed by atoms with van der Waals surface area (Å²) < 4.78 is 33.0. The van der Waals surface area contributed by atoms with Gasteiger partial charge in [0.2, 0.25) is 11.5 Å². The van der Waals surface area contributed by atoms with Crippen LogP contribution in [-0.2, 0) is 11.3 Å². The molecule has 0 radical (unpaired) electrons. The van der Waals surface area contributed by atoms with Gasteiger partial charge in [-0.15, -0.1) is 0 Å². The van der Waals surface area contributed by atoms with Crippen molar-refractivity contribution >= 4 is 16.8 Å². The molecular formula is C33H34FN5O4. The van der Waals surface area contributed by atoms with E-state index in [1.807, 2.05) is 37.6 Å². The summed E-state index contributed by atoms with van der Waals surface area (Å²) in [5.74, 6) is 0.356. The number of halogens is 1. The number of pyridine rings is 1. The van der Waals surface area contributed by atoms with Gasteiger partial charge in [0.05, 0.1) is 45.0 Å². The van der Waals surface area contributed by atoms with Gasteiger partial charge in [0.1, 0.15) is 17.0 Å². The average Bonchev–Trinajstić information content (AvgIpc) is 3.61. The number of allylic oxidation sites excluding steroid dienone is 1. The Morgan fingerprint density at radius 3 is 2.49 bits per heavy atom. The summed E-state index contributed by atoms with van der Waals surface area (Å²) in [7, 11) is 2.99. The molecule has 1 fully saturated rings. The van der Waals surface area contributed by atoms with Crippen molar-refractivity contribution in [3.05, 3.63) is 83.9 Å². The van der Waals surface area contributed by atoms with Gasteiger partial charge in [0.25, 0.3) is 5.91 Å². The lowest BCUT2D eigenvalue weighted by Crippen LogP contribution is -2.39. The van der Waals surface area contributed by atoms with Crippen LogP contribution in [-0.4, -0.2) is 52.4 Å². The van der Waals surface area contributed by atoms with Crippen molar-refractivity contribution in [1.29, 1.82) is 0 Å². The average molecular weight is 584 g/mol. The number of hydrogen-bond acceptors (Lipinski definition) is 6. The molecule has 1 aliphatic rings. The van der Waals surface area contributed by atoms with Crippen molar-refractivity contribution in [1.82, 2.24) is 19.7 Å². The molecule has 1 atom stereocenters. The lowest BCUT2D eigenvalue weighted by molar-refractivity contribution is -0.127. The Kier molecular flexibility index (Phi) is 8.35. The van der Waals surface area contributed by atoms with Gasteiger partial charge in [0, 0.05) is 18.3 Å². The number of likely N-dealkylation sites (tertiary alicyclic amines) is 1. The van der Waals surface area contributed by atoms with Crippen molar-refractivity contribution in [3.63, 3.8) is 0 Å². The number of carbonyl (C=O) groups excluding carboxylic acids is 1. The number of amides is 1. The molecule has 4 aromatic rings. The van der Waals surface area contributed by atoms with Crippen molar-refractivity contribution in [2.24, 2.45) is 5.41 Å². The van der Waals surface area contributed by atoms with Gasteiger partial charge < -0.3 is 19.1 Å². The van der Waals surface area contributed by atoms with E-state index in [1.165, 1.54) is 19.2 Å². The van der Waals surface area contributed by atoms with E-state index >= 15 is 0 Å². The van der Waals surface area contributed by atoms with Gasteiger partial charge in [0.15, 0.2) is 17.2 Å². The SMILES string of the molecule is [C-]#[N+]/C(=C\C(C)(C)C)C(=O)N1CCCC1Cn1nc(-c2ccc(Oc3cccc(OC)c3F)cc2)c2cncc(OC)c21. The minimum atomic E-state index is -0.575. The maximum Gasteiger partial charge on any atom is 0.252 e. The lowest BCUT2D eigenvalue weighted by Gasteiger charge is -2.26. The van der Waals surface area contributed by atoms with Crippen LogP contribution in [0.3, 0.4) is 0 Å². The normalized spacial score (nSPS) is 15.4. The van der Waals surface area contributed by atoms with E-state index in [0.29, 0.717) is 30.3 Å². The number of hydrogen-bond donors (Lipinski definition) is 0. The molecule has 5 rings (SSSR count). The number of aromatic nitrogens is 3. The third-order valence-corrected chi connectivity index (χ3v) is 7.27. The van der Waals surface area contributed by atoms with E-state index in [9.17, 15) is 9.18 Å². The van der Waals surface area contributed by atoms with Crippen LogP contribution in [0.1, 0.15) is 33.6 Å². The highest BCUT2D eigenvalue weighted by Crippen LogP contribution is 2.36. The summed E-state index contributed by atoms with van der Waals surface area (Å²) in [6.45, 7) is 14.6. The van der Waals surface area contributed by atoms with Crippen LogP contribution in [0.4, 0.5) is 4.39 Å². The number of rotatable bonds is 8. The molecule has 9 nitrogen and oxygen atoms in total. The fraction of sp³-hybridized carbons (Fsp3) is 0.333. The standard InChI is InChI=1S/C33H34FN5O4/c1-33(2,3)17-25(35-4)32(40)38-16-8-9-22(38)20-39-31-24(18-36-19-28(31)42-6)30(37-39)21-12-14-23(15-13-21)43-27-11-7-10-26(41-5)29(27)34/h7,10-15,17-19,22H,8-9,16,20H2,1-3,5-6H3/b25-17-. The molecule has 1 unspecified atom stereocenters. The predicted octanol–water partition coefficient (Wildman–Crippen LogP) is 6.89. The van der Waals surface area contributed by atoms with Crippen LogP contribution in [0.25, 0.3) is 27.0 Å². The van der Waals surface area contributed by atoms with Crippen molar-refractivity contribution < 1.29 is 23.4 Å². The third-order valence-electron chi connectivity index (χ3n) is 7.27. The molecule has 1 aliphatic heterocycles. The predicted molar refractivity (Wildman–Crippen MR) is 161 cm³/mol. The zero-order valence-corrected chi connectivity index (χ0v) is 24.9. The second kappa shape index (κ2) is 12.1. The highest BCUT2D eigenvalue weighted by molar-refractivity contribution is 5.97. The van der Waals surface area contributed by atoms with Gasteiger partial charge in [-0.25, -0.2) is 4.85 Å². The Morgan fingerprint density at radius 2 is 1.81 bits per heavy atom. The van der Waals surface area contributed by atoms with E-state index in [4.69, 9.17) is 25.9 Å². The number of methoxy groups -OCH3 is 2. The zero-order valence-electron chi connectivity index (χ0n) is 24.9. The molecule has 1 amide bonds. The molecule has 10 heteroatoms. The molecule has 222 valence electrons. The maximum atomic E-state index is 14.6. The summed E-state index contributed by atoms with van der Waals surface area (Å²) in [4.78, 5) is 23.1. The largest absolute Gasteiger partial charge is 0.494 e. The minimum absolute atomic E-state index is 0.0603. The molecule has 0 saturated carbocycles. The molecule has 2 aromatic heterocycles. The van der Waals surface area contributed by atoms with Crippen LogP contribution in [0.2, 0.25) is 0 Å². The third kappa shape index (κ3) is 6.16. The van der Waals surface area contributed by atoms with E-state index < -0.39 is 5.82 Å². The first-order chi connectivity index (χ1) is 20.6. The summed E-state index contributed by atoms with van der Waals surface area (Å²) in [5.41, 5.74) is 2.11. The Balaban J connectivity index is 1.46. The second-order valence-corrected chi connectivity index (χ2v) is 11.5. The Labute approximate surface area is 250 Å². The number of ether oxygens (including phenoxy) is 3. The molecular weight excluding hydrogens is 549 g/mol. The van der Waals surface area contributed by atoms with E-state index in [2.05, 4.69) is 9.83 Å². The van der Waals surface area contributed by atoms with Crippen LogP contribution < -0.4 is 14.2 Å². The highest BCUT2D eigenvalue weighted by atomic mass is 19.1. The van der Waals surface area contributed by atoms with Gasteiger partial charge in [-0.2, -0.15) is 9.49 Å². The van der Waals surface area contributed by atoms with Crippen LogP contribution in [0.15, 0.2) is 66.6 Å². The quantitative estimate of drug-likeness (QED) is 0.166. The van der Waals surface area contributed by atoms with Gasteiger partial charge in [-0.3, -0.25) is 14.5 Å². The molecule has 3 heterocycles. The summed E-state index contributed by atoms with van der Waals surface area (Å²) in [5, 5.41) is 5.76. The molecule has 1 saturated heterocycles. The van der Waals surface area contributed by atoms with Crippen molar-refractivity contribution in [2.75, 3.05) is 20.8 Å². The topological polar surface area (TPSA) is 83.1 Å². The fourth-order valence-corrected chi connectivity index (χ4v) is 5.32. The first-order valence-electron chi connectivity index (χ1n) is 14.0. The number of benzene rings is 2. The van der Waals surface area contributed by atoms with Crippen molar-refractivity contribution in [3.8, 4) is 34.3 Å². The second-order valence-electron chi connectivity index (χ2n) is 11.5. The van der Waals surface area contributed by atoms with Gasteiger partial charge in [-0.1, -0.05) is 32.9 Å². The molecule has 43 heavy (non-hydrogen) atoms.